The molecule has 20 heavy (non-hydrogen) atoms. The Hall–Kier alpha value is -0.890. The first-order valence-electron chi connectivity index (χ1n) is 5.98. The van der Waals surface area contributed by atoms with Crippen LogP contribution in [0.2, 0.25) is 0 Å². The van der Waals surface area contributed by atoms with Crippen LogP contribution < -0.4 is 10.5 Å². The molecule has 108 valence electrons. The van der Waals surface area contributed by atoms with Crippen LogP contribution >= 0.6 is 27.3 Å². The van der Waals surface area contributed by atoms with Crippen molar-refractivity contribution in [3.63, 3.8) is 0 Å². The second-order valence-corrected chi connectivity index (χ2v) is 8.03. The van der Waals surface area contributed by atoms with E-state index >= 15 is 0 Å². The highest BCUT2D eigenvalue weighted by molar-refractivity contribution is 9.10. The molecule has 2 aromatic rings. The van der Waals surface area contributed by atoms with E-state index < -0.39 is 10.0 Å². The average Bonchev–Trinajstić information content (AvgIpc) is 2.86. The number of nitrogens with one attached hydrogen (secondary N) is 1. The molecule has 3 N–H and O–H groups in total. The Morgan fingerprint density at radius 3 is 2.80 bits per heavy atom. The van der Waals surface area contributed by atoms with Gasteiger partial charge in [-0.15, -0.1) is 11.3 Å². The van der Waals surface area contributed by atoms with E-state index in [1.807, 2.05) is 17.5 Å². The largest absolute Gasteiger partial charge is 0.398 e. The van der Waals surface area contributed by atoms with E-state index in [4.69, 9.17) is 5.73 Å². The molecule has 1 aromatic heterocycles. The highest BCUT2D eigenvalue weighted by atomic mass is 79.9. The number of sulfonamides is 1. The predicted octanol–water partition coefficient (Wildman–Crippen LogP) is 2.92. The molecule has 1 aromatic carbocycles. The smallest absolute Gasteiger partial charge is 0.240 e. The van der Waals surface area contributed by atoms with Crippen LogP contribution in [0.5, 0.6) is 0 Å². The summed E-state index contributed by atoms with van der Waals surface area (Å²) in [7, 11) is -3.54. The van der Waals surface area contributed by atoms with Gasteiger partial charge < -0.3 is 5.73 Å². The molecule has 0 aliphatic heterocycles. The number of hydrogen-bond acceptors (Lipinski definition) is 4. The fourth-order valence-electron chi connectivity index (χ4n) is 1.79. The third kappa shape index (κ3) is 3.60. The van der Waals surface area contributed by atoms with Gasteiger partial charge in [0, 0.05) is 21.6 Å². The third-order valence-corrected chi connectivity index (χ3v) is 5.88. The first kappa shape index (κ1) is 15.5. The van der Waals surface area contributed by atoms with Crippen molar-refractivity contribution in [1.29, 1.82) is 0 Å². The molecule has 0 aliphatic carbocycles. The number of hydrogen-bond donors (Lipinski definition) is 2. The number of rotatable bonds is 5. The summed E-state index contributed by atoms with van der Waals surface area (Å²) >= 11 is 4.88. The molecule has 1 heterocycles. The maximum atomic E-state index is 12.3. The van der Waals surface area contributed by atoms with Crippen molar-refractivity contribution < 1.29 is 8.42 Å². The molecule has 4 nitrogen and oxygen atoms in total. The van der Waals surface area contributed by atoms with E-state index in [1.54, 1.807) is 30.4 Å². The van der Waals surface area contributed by atoms with Gasteiger partial charge in [-0.1, -0.05) is 22.0 Å². The number of nitrogen functional groups attached to an aromatic ring is 1. The van der Waals surface area contributed by atoms with E-state index in [-0.39, 0.29) is 4.90 Å². The van der Waals surface area contributed by atoms with Gasteiger partial charge in [0.05, 0.1) is 4.90 Å². The Bertz CT molecular complexity index is 697. The van der Waals surface area contributed by atoms with Gasteiger partial charge in [-0.2, -0.15) is 0 Å². The van der Waals surface area contributed by atoms with Crippen LogP contribution in [-0.4, -0.2) is 15.0 Å². The summed E-state index contributed by atoms with van der Waals surface area (Å²) in [6, 6.07) is 7.20. The van der Waals surface area contributed by atoms with Crippen LogP contribution in [-0.2, 0) is 16.4 Å². The van der Waals surface area contributed by atoms with Crippen molar-refractivity contribution in [1.82, 2.24) is 4.72 Å². The number of nitrogens with two attached hydrogens (primary N) is 1. The summed E-state index contributed by atoms with van der Waals surface area (Å²) < 4.78 is 27.9. The minimum absolute atomic E-state index is 0.218. The molecule has 7 heteroatoms. The van der Waals surface area contributed by atoms with Crippen LogP contribution in [0.4, 0.5) is 5.69 Å². The minimum atomic E-state index is -3.54. The average molecular weight is 375 g/mol. The first-order valence-corrected chi connectivity index (χ1v) is 9.13. The fourth-order valence-corrected chi connectivity index (χ4v) is 4.46. The quantitative estimate of drug-likeness (QED) is 0.790. The monoisotopic (exact) mass is 374 g/mol. The van der Waals surface area contributed by atoms with Gasteiger partial charge in [0.1, 0.15) is 0 Å². The summed E-state index contributed by atoms with van der Waals surface area (Å²) in [5.74, 6) is 0. The van der Waals surface area contributed by atoms with E-state index in [0.29, 0.717) is 28.7 Å². The molecule has 0 saturated carbocycles. The number of benzene rings is 1. The van der Waals surface area contributed by atoms with E-state index in [2.05, 4.69) is 20.7 Å². The van der Waals surface area contributed by atoms with Crippen molar-refractivity contribution in [3.05, 3.63) is 44.6 Å². The SMILES string of the molecule is Cc1c(N)cc(Br)cc1S(=O)(=O)NCCc1cccs1. The summed E-state index contributed by atoms with van der Waals surface area (Å²) in [6.45, 7) is 2.07. The van der Waals surface area contributed by atoms with Gasteiger partial charge >= 0.3 is 0 Å². The summed E-state index contributed by atoms with van der Waals surface area (Å²) in [6.07, 6.45) is 0.680. The van der Waals surface area contributed by atoms with E-state index in [9.17, 15) is 8.42 Å². The van der Waals surface area contributed by atoms with Crippen LogP contribution in [0.3, 0.4) is 0 Å². The van der Waals surface area contributed by atoms with Crippen LogP contribution in [0, 0.1) is 6.92 Å². The van der Waals surface area contributed by atoms with Crippen molar-refractivity contribution >= 4 is 43.0 Å². The maximum Gasteiger partial charge on any atom is 0.240 e. The Kier molecular flexibility index (Phi) is 4.85. The van der Waals surface area contributed by atoms with Gasteiger partial charge in [0.15, 0.2) is 0 Å². The highest BCUT2D eigenvalue weighted by Crippen LogP contribution is 2.26. The fraction of sp³-hybridized carbons (Fsp3) is 0.231. The molecule has 0 spiro atoms. The lowest BCUT2D eigenvalue weighted by Gasteiger charge is -2.11. The van der Waals surface area contributed by atoms with E-state index in [0.717, 1.165) is 4.88 Å². The highest BCUT2D eigenvalue weighted by Gasteiger charge is 2.18. The van der Waals surface area contributed by atoms with Gasteiger partial charge in [-0.05, 0) is 42.5 Å². The Labute approximate surface area is 131 Å². The van der Waals surface area contributed by atoms with Crippen molar-refractivity contribution in [3.8, 4) is 0 Å². The number of halogens is 1. The predicted molar refractivity (Wildman–Crippen MR) is 86.5 cm³/mol. The Morgan fingerprint density at radius 2 is 2.15 bits per heavy atom. The van der Waals surface area contributed by atoms with Gasteiger partial charge in [0.2, 0.25) is 10.0 Å². The van der Waals surface area contributed by atoms with Crippen molar-refractivity contribution in [2.24, 2.45) is 0 Å². The lowest BCUT2D eigenvalue weighted by molar-refractivity contribution is 0.581. The standard InChI is InChI=1S/C13H15BrN2O2S2/c1-9-12(15)7-10(14)8-13(9)20(17,18)16-5-4-11-3-2-6-19-11/h2-3,6-8,16H,4-5,15H2,1H3. The maximum absolute atomic E-state index is 12.3. The molecule has 0 bridgehead atoms. The zero-order chi connectivity index (χ0) is 14.8. The molecule has 0 amide bonds. The first-order chi connectivity index (χ1) is 9.40. The summed E-state index contributed by atoms with van der Waals surface area (Å²) in [5, 5.41) is 1.98. The molecule has 0 unspecified atom stereocenters. The summed E-state index contributed by atoms with van der Waals surface area (Å²) in [4.78, 5) is 1.37. The number of anilines is 1. The van der Waals surface area contributed by atoms with Gasteiger partial charge in [0.25, 0.3) is 0 Å². The third-order valence-electron chi connectivity index (χ3n) is 2.90. The second kappa shape index (κ2) is 6.26. The Morgan fingerprint density at radius 1 is 1.40 bits per heavy atom. The Balaban J connectivity index is 2.14. The molecule has 0 aliphatic rings. The molecule has 0 radical (unpaired) electrons. The second-order valence-electron chi connectivity index (χ2n) is 4.35. The molecule has 0 saturated heterocycles. The zero-order valence-corrected chi connectivity index (χ0v) is 14.1. The molecule has 2 rings (SSSR count). The lowest BCUT2D eigenvalue weighted by Crippen LogP contribution is -2.26. The molecular weight excluding hydrogens is 360 g/mol. The topological polar surface area (TPSA) is 72.2 Å². The lowest BCUT2D eigenvalue weighted by atomic mass is 10.2. The van der Waals surface area contributed by atoms with E-state index in [1.165, 1.54) is 0 Å². The van der Waals surface area contributed by atoms with Crippen molar-refractivity contribution in [2.75, 3.05) is 12.3 Å². The molecular formula is C13H15BrN2O2S2. The van der Waals surface area contributed by atoms with Crippen LogP contribution in [0.15, 0.2) is 39.0 Å². The minimum Gasteiger partial charge on any atom is -0.398 e. The molecule has 0 atom stereocenters. The molecule has 0 fully saturated rings. The van der Waals surface area contributed by atoms with Crippen molar-refractivity contribution in [2.45, 2.75) is 18.2 Å². The van der Waals surface area contributed by atoms with Crippen LogP contribution in [0.1, 0.15) is 10.4 Å². The van der Waals surface area contributed by atoms with Gasteiger partial charge in [-0.25, -0.2) is 13.1 Å². The number of thiophene rings is 1. The van der Waals surface area contributed by atoms with Gasteiger partial charge in [-0.3, -0.25) is 0 Å². The normalized spacial score (nSPS) is 11.7. The van der Waals surface area contributed by atoms with Crippen LogP contribution in [0.25, 0.3) is 0 Å². The summed E-state index contributed by atoms with van der Waals surface area (Å²) in [5.41, 5.74) is 6.83. The zero-order valence-electron chi connectivity index (χ0n) is 10.9.